The number of nitro groups is 1. The molecule has 2 aromatic rings. The van der Waals surface area contributed by atoms with Gasteiger partial charge in [-0.1, -0.05) is 17.3 Å². The average molecular weight is 345 g/mol. The highest BCUT2D eigenvalue weighted by Crippen LogP contribution is 2.24. The van der Waals surface area contributed by atoms with Crippen molar-refractivity contribution >= 4 is 29.1 Å². The first-order chi connectivity index (χ1) is 11.6. The summed E-state index contributed by atoms with van der Waals surface area (Å²) >= 11 is 1.71. The fourth-order valence-corrected chi connectivity index (χ4v) is 3.39. The number of carbonyl (C=O) groups excluding carboxylic acids is 1. The topological polar surface area (TPSA) is 85.0 Å². The van der Waals surface area contributed by atoms with E-state index in [1.165, 1.54) is 22.7 Å². The van der Waals surface area contributed by atoms with E-state index in [1.54, 1.807) is 34.4 Å². The lowest BCUT2D eigenvalue weighted by Crippen LogP contribution is -2.37. The number of hydrogen-bond acceptors (Lipinski definition) is 6. The van der Waals surface area contributed by atoms with E-state index in [0.29, 0.717) is 18.7 Å². The quantitative estimate of drug-likeness (QED) is 0.473. The van der Waals surface area contributed by atoms with E-state index in [1.807, 2.05) is 11.4 Å². The van der Waals surface area contributed by atoms with Crippen molar-refractivity contribution in [3.63, 3.8) is 0 Å². The number of amides is 1. The van der Waals surface area contributed by atoms with Crippen molar-refractivity contribution in [2.45, 2.75) is 13.0 Å². The molecule has 0 N–H and O–H groups in total. The van der Waals surface area contributed by atoms with Crippen LogP contribution < -0.4 is 0 Å². The maximum absolute atomic E-state index is 12.1. The molecule has 1 aliphatic rings. The monoisotopic (exact) mass is 345 g/mol. The van der Waals surface area contributed by atoms with Gasteiger partial charge in [0.1, 0.15) is 0 Å². The molecule has 1 aliphatic heterocycles. The van der Waals surface area contributed by atoms with Crippen LogP contribution in [0.1, 0.15) is 16.0 Å². The molecular formula is C16H15N3O4S. The molecule has 0 saturated heterocycles. The van der Waals surface area contributed by atoms with E-state index >= 15 is 0 Å². The highest BCUT2D eigenvalue weighted by atomic mass is 32.1. The summed E-state index contributed by atoms with van der Waals surface area (Å²) in [6.07, 6.45) is 2.11. The number of hydrogen-bond donors (Lipinski definition) is 0. The van der Waals surface area contributed by atoms with Gasteiger partial charge in [-0.2, -0.15) is 0 Å². The molecular weight excluding hydrogens is 330 g/mol. The van der Waals surface area contributed by atoms with Gasteiger partial charge in [0.05, 0.1) is 16.7 Å². The lowest BCUT2D eigenvalue weighted by Gasteiger charge is -2.26. The molecule has 3 rings (SSSR count). The number of oxime groups is 1. The van der Waals surface area contributed by atoms with Crippen LogP contribution in [0.2, 0.25) is 0 Å². The predicted octanol–water partition coefficient (Wildman–Crippen LogP) is 2.59. The molecule has 0 radical (unpaired) electrons. The minimum Gasteiger partial charge on any atom is -0.386 e. The van der Waals surface area contributed by atoms with E-state index in [0.717, 1.165) is 6.42 Å². The summed E-state index contributed by atoms with van der Waals surface area (Å²) in [5.74, 6) is -0.147. The molecule has 124 valence electrons. The fraction of sp³-hybridized carbons (Fsp3) is 0.250. The third-order valence-corrected chi connectivity index (χ3v) is 4.77. The smallest absolute Gasteiger partial charge is 0.278 e. The largest absolute Gasteiger partial charge is 0.386 e. The number of rotatable bonds is 5. The fourth-order valence-electron chi connectivity index (χ4n) is 2.50. The Bertz CT molecular complexity index is 787. The van der Waals surface area contributed by atoms with Crippen molar-refractivity contribution in [2.24, 2.45) is 5.16 Å². The second-order valence-electron chi connectivity index (χ2n) is 5.26. The van der Waals surface area contributed by atoms with E-state index in [-0.39, 0.29) is 18.2 Å². The lowest BCUT2D eigenvalue weighted by atomic mass is 10.1. The molecule has 0 saturated carbocycles. The Balaban J connectivity index is 1.53. The van der Waals surface area contributed by atoms with Crippen LogP contribution in [-0.2, 0) is 22.6 Å². The number of benzene rings is 1. The van der Waals surface area contributed by atoms with Crippen molar-refractivity contribution in [2.75, 3.05) is 13.2 Å². The van der Waals surface area contributed by atoms with Crippen LogP contribution in [0.15, 0.2) is 40.9 Å². The van der Waals surface area contributed by atoms with E-state index < -0.39 is 4.92 Å². The summed E-state index contributed by atoms with van der Waals surface area (Å²) in [6.45, 7) is 1.08. The Labute approximate surface area is 142 Å². The van der Waals surface area contributed by atoms with E-state index in [2.05, 4.69) is 5.16 Å². The average Bonchev–Trinajstić information content (AvgIpc) is 3.06. The molecule has 0 aliphatic carbocycles. The summed E-state index contributed by atoms with van der Waals surface area (Å²) in [4.78, 5) is 30.6. The molecule has 0 fully saturated rings. The molecule has 0 spiro atoms. The van der Waals surface area contributed by atoms with Crippen LogP contribution >= 0.6 is 11.3 Å². The summed E-state index contributed by atoms with van der Waals surface area (Å²) < 4.78 is 0. The SMILES string of the molecule is O=C(CON=Cc1ccccc1[N+](=O)[O-])N1CCc2sccc2C1. The molecule has 7 nitrogen and oxygen atoms in total. The maximum Gasteiger partial charge on any atom is 0.278 e. The zero-order valence-corrected chi connectivity index (χ0v) is 13.6. The number of carbonyl (C=O) groups is 1. The molecule has 1 amide bonds. The summed E-state index contributed by atoms with van der Waals surface area (Å²) in [5, 5.41) is 16.6. The molecule has 0 bridgehead atoms. The Kier molecular flexibility index (Phi) is 4.85. The van der Waals surface area contributed by atoms with Crippen LogP contribution in [0.25, 0.3) is 0 Å². The lowest BCUT2D eigenvalue weighted by molar-refractivity contribution is -0.385. The standard InChI is InChI=1S/C16H15N3O4S/c20-16(18-7-5-15-13(10-18)6-8-24-15)11-23-17-9-12-3-1-2-4-14(12)19(21)22/h1-4,6,8-9H,5,7,10-11H2. The minimum atomic E-state index is -0.487. The second-order valence-corrected chi connectivity index (χ2v) is 6.26. The van der Waals surface area contributed by atoms with Gasteiger partial charge in [0.15, 0.2) is 6.61 Å². The highest BCUT2D eigenvalue weighted by molar-refractivity contribution is 7.10. The Morgan fingerprint density at radius 2 is 2.25 bits per heavy atom. The van der Waals surface area contributed by atoms with Gasteiger partial charge < -0.3 is 9.74 Å². The maximum atomic E-state index is 12.1. The summed E-state index contributed by atoms with van der Waals surface area (Å²) in [5.41, 5.74) is 1.45. The molecule has 24 heavy (non-hydrogen) atoms. The van der Waals surface area contributed by atoms with Crippen molar-refractivity contribution in [3.05, 3.63) is 61.8 Å². The van der Waals surface area contributed by atoms with Gasteiger partial charge in [-0.15, -0.1) is 11.3 Å². The van der Waals surface area contributed by atoms with Crippen LogP contribution in [0.4, 0.5) is 5.69 Å². The van der Waals surface area contributed by atoms with Crippen molar-refractivity contribution < 1.29 is 14.6 Å². The third kappa shape index (κ3) is 3.60. The second kappa shape index (κ2) is 7.22. The summed E-state index contributed by atoms with van der Waals surface area (Å²) in [6, 6.07) is 8.24. The van der Waals surface area contributed by atoms with Gasteiger partial charge in [0, 0.05) is 24.0 Å². The van der Waals surface area contributed by atoms with E-state index in [4.69, 9.17) is 4.84 Å². The van der Waals surface area contributed by atoms with Crippen molar-refractivity contribution in [1.82, 2.24) is 4.90 Å². The first-order valence-electron chi connectivity index (χ1n) is 7.37. The van der Waals surface area contributed by atoms with Gasteiger partial charge in [-0.05, 0) is 29.5 Å². The van der Waals surface area contributed by atoms with Gasteiger partial charge in [0.2, 0.25) is 0 Å². The Morgan fingerprint density at radius 1 is 1.42 bits per heavy atom. The molecule has 1 aromatic carbocycles. The number of thiophene rings is 1. The van der Waals surface area contributed by atoms with Crippen LogP contribution in [-0.4, -0.2) is 35.1 Å². The predicted molar refractivity (Wildman–Crippen MR) is 90.1 cm³/mol. The first-order valence-corrected chi connectivity index (χ1v) is 8.25. The van der Waals surface area contributed by atoms with Gasteiger partial charge in [0.25, 0.3) is 11.6 Å². The van der Waals surface area contributed by atoms with E-state index in [9.17, 15) is 14.9 Å². The highest BCUT2D eigenvalue weighted by Gasteiger charge is 2.21. The third-order valence-electron chi connectivity index (χ3n) is 3.75. The normalized spacial score (nSPS) is 13.8. The number of nitro benzene ring substituents is 1. The van der Waals surface area contributed by atoms with Gasteiger partial charge >= 0.3 is 0 Å². The van der Waals surface area contributed by atoms with Crippen LogP contribution in [0.5, 0.6) is 0 Å². The zero-order valence-electron chi connectivity index (χ0n) is 12.8. The molecule has 8 heteroatoms. The number of para-hydroxylation sites is 1. The van der Waals surface area contributed by atoms with Crippen LogP contribution in [0, 0.1) is 10.1 Å². The molecule has 0 unspecified atom stereocenters. The van der Waals surface area contributed by atoms with Gasteiger partial charge in [-0.3, -0.25) is 14.9 Å². The molecule has 1 aromatic heterocycles. The van der Waals surface area contributed by atoms with Crippen molar-refractivity contribution in [3.8, 4) is 0 Å². The van der Waals surface area contributed by atoms with Crippen LogP contribution in [0.3, 0.4) is 0 Å². The van der Waals surface area contributed by atoms with Gasteiger partial charge in [-0.25, -0.2) is 0 Å². The zero-order chi connectivity index (χ0) is 16.9. The number of fused-ring (bicyclic) bond motifs is 1. The molecule has 2 heterocycles. The Morgan fingerprint density at radius 3 is 3.08 bits per heavy atom. The number of nitrogens with zero attached hydrogens (tertiary/aromatic N) is 3. The minimum absolute atomic E-state index is 0.0582. The summed E-state index contributed by atoms with van der Waals surface area (Å²) in [7, 11) is 0. The van der Waals surface area contributed by atoms with Crippen molar-refractivity contribution in [1.29, 1.82) is 0 Å². The molecule has 0 atom stereocenters. The first kappa shape index (κ1) is 16.1. The Hall–Kier alpha value is -2.74.